The zero-order chi connectivity index (χ0) is 30.9. The maximum Gasteiger partial charge on any atom is 0.309 e. The van der Waals surface area contributed by atoms with Gasteiger partial charge in [0.25, 0.3) is 0 Å². The summed E-state index contributed by atoms with van der Waals surface area (Å²) in [6.45, 7) is 12.0. The van der Waals surface area contributed by atoms with Crippen LogP contribution in [0.3, 0.4) is 0 Å². The molecule has 0 atom stereocenters. The molecule has 242 valence electrons. The van der Waals surface area contributed by atoms with Crippen LogP contribution in [-0.4, -0.2) is 67.3 Å². The van der Waals surface area contributed by atoms with Gasteiger partial charge in [-0.2, -0.15) is 0 Å². The highest BCUT2D eigenvalue weighted by Gasteiger charge is 2.34. The number of likely N-dealkylation sites (tertiary alicyclic amines) is 1. The van der Waals surface area contributed by atoms with Crippen LogP contribution in [0.1, 0.15) is 90.7 Å². The number of pyridine rings is 1. The van der Waals surface area contributed by atoms with E-state index in [4.69, 9.17) is 19.2 Å². The molecule has 5 rings (SSSR count). The first kappa shape index (κ1) is 32.7. The molecule has 3 heterocycles. The summed E-state index contributed by atoms with van der Waals surface area (Å²) in [4.78, 5) is 31.5. The van der Waals surface area contributed by atoms with Crippen molar-refractivity contribution in [1.82, 2.24) is 15.2 Å². The molecule has 1 aromatic heterocycles. The van der Waals surface area contributed by atoms with Gasteiger partial charge in [-0.1, -0.05) is 19.9 Å². The Balaban J connectivity index is 1.03. The van der Waals surface area contributed by atoms with Crippen LogP contribution in [0.25, 0.3) is 10.8 Å². The summed E-state index contributed by atoms with van der Waals surface area (Å²) in [6, 6.07) is 8.55. The zero-order valence-electron chi connectivity index (χ0n) is 27.2. The van der Waals surface area contributed by atoms with Gasteiger partial charge in [-0.05, 0) is 132 Å². The molecule has 2 saturated heterocycles. The fourth-order valence-corrected chi connectivity index (χ4v) is 7.38. The normalized spacial score (nSPS) is 22.5. The highest BCUT2D eigenvalue weighted by molar-refractivity contribution is 5.83. The molecule has 3 fully saturated rings. The summed E-state index contributed by atoms with van der Waals surface area (Å²) in [5.74, 6) is 1.64. The second-order valence-corrected chi connectivity index (χ2v) is 13.9. The van der Waals surface area contributed by atoms with Crippen molar-refractivity contribution in [3.05, 3.63) is 36.2 Å². The molecule has 8 heteroatoms. The van der Waals surface area contributed by atoms with E-state index in [-0.39, 0.29) is 35.3 Å². The fourth-order valence-electron chi connectivity index (χ4n) is 7.38. The van der Waals surface area contributed by atoms with Crippen LogP contribution in [0, 0.1) is 23.2 Å². The Hall–Kier alpha value is -2.71. The predicted molar refractivity (Wildman–Crippen MR) is 172 cm³/mol. The molecular weight excluding hydrogens is 554 g/mol. The van der Waals surface area contributed by atoms with Crippen LogP contribution in [-0.2, 0) is 25.6 Å². The lowest BCUT2D eigenvalue weighted by molar-refractivity contribution is -0.150. The predicted octanol–water partition coefficient (Wildman–Crippen LogP) is 6.30. The van der Waals surface area contributed by atoms with E-state index in [1.165, 1.54) is 18.2 Å². The van der Waals surface area contributed by atoms with Gasteiger partial charge < -0.3 is 19.5 Å². The first-order chi connectivity index (χ1) is 21.3. The number of carbonyl (C=O) groups is 2. The fraction of sp³-hybridized carbons (Fsp3) is 0.694. The molecule has 0 spiro atoms. The smallest absolute Gasteiger partial charge is 0.309 e. The van der Waals surface area contributed by atoms with Crippen molar-refractivity contribution in [3.63, 3.8) is 0 Å². The Morgan fingerprint density at radius 3 is 2.34 bits per heavy atom. The van der Waals surface area contributed by atoms with Crippen LogP contribution in [0.5, 0.6) is 5.75 Å². The average molecular weight is 608 g/mol. The molecule has 1 aliphatic carbocycles. The van der Waals surface area contributed by atoms with Crippen molar-refractivity contribution in [1.29, 1.82) is 0 Å². The first-order valence-corrected chi connectivity index (χ1v) is 17.1. The van der Waals surface area contributed by atoms with Crippen LogP contribution in [0.4, 0.5) is 0 Å². The average Bonchev–Trinajstić information content (AvgIpc) is 3.04. The van der Waals surface area contributed by atoms with E-state index in [9.17, 15) is 9.59 Å². The second kappa shape index (κ2) is 15.5. The minimum Gasteiger partial charge on any atom is -0.490 e. The molecule has 0 amide bonds. The monoisotopic (exact) mass is 607 g/mol. The highest BCUT2D eigenvalue weighted by atomic mass is 16.5. The van der Waals surface area contributed by atoms with Crippen molar-refractivity contribution in [3.8, 4) is 5.75 Å². The van der Waals surface area contributed by atoms with Gasteiger partial charge in [0.2, 0.25) is 0 Å². The number of benzene rings is 1. The van der Waals surface area contributed by atoms with Crippen LogP contribution >= 0.6 is 0 Å². The lowest BCUT2D eigenvalue weighted by atomic mass is 9.68. The Morgan fingerprint density at radius 2 is 1.61 bits per heavy atom. The number of nitrogens with one attached hydrogen (secondary N) is 1. The number of piperidine rings is 2. The maximum atomic E-state index is 12.3. The number of nitrogens with zero attached hydrogens (tertiary/aromatic N) is 2. The number of carbonyl (C=O) groups excluding carboxylic acids is 2. The van der Waals surface area contributed by atoms with Gasteiger partial charge in [0.05, 0.1) is 36.8 Å². The molecule has 2 aliphatic heterocycles. The van der Waals surface area contributed by atoms with Crippen LogP contribution < -0.4 is 10.1 Å². The van der Waals surface area contributed by atoms with E-state index in [1.54, 1.807) is 0 Å². The maximum absolute atomic E-state index is 12.3. The first-order valence-electron chi connectivity index (χ1n) is 17.1. The van der Waals surface area contributed by atoms with Gasteiger partial charge >= 0.3 is 11.9 Å². The summed E-state index contributed by atoms with van der Waals surface area (Å²) < 4.78 is 17.3. The quantitative estimate of drug-likeness (QED) is 0.222. The summed E-state index contributed by atoms with van der Waals surface area (Å²) in [6.07, 6.45) is 12.2. The topological polar surface area (TPSA) is 90.0 Å². The minimum absolute atomic E-state index is 0.00369. The zero-order valence-corrected chi connectivity index (χ0v) is 27.2. The third-order valence-corrected chi connectivity index (χ3v) is 10.3. The van der Waals surface area contributed by atoms with Crippen molar-refractivity contribution in [2.24, 2.45) is 23.2 Å². The second-order valence-electron chi connectivity index (χ2n) is 13.9. The third-order valence-electron chi connectivity index (χ3n) is 10.3. The van der Waals surface area contributed by atoms with Crippen molar-refractivity contribution in [2.45, 2.75) is 97.6 Å². The number of aromatic nitrogens is 1. The number of hydrogen-bond acceptors (Lipinski definition) is 8. The summed E-state index contributed by atoms with van der Waals surface area (Å²) in [5, 5.41) is 5.58. The minimum atomic E-state index is -0.0509. The van der Waals surface area contributed by atoms with E-state index in [2.05, 4.69) is 48.3 Å². The van der Waals surface area contributed by atoms with Crippen molar-refractivity contribution in [2.75, 3.05) is 39.4 Å². The van der Waals surface area contributed by atoms with E-state index < -0.39 is 0 Å². The Bertz CT molecular complexity index is 1230. The molecular formula is C36H53N3O5. The number of rotatable bonds is 12. The Kier molecular flexibility index (Phi) is 11.5. The molecule has 1 aromatic carbocycles. The van der Waals surface area contributed by atoms with E-state index in [0.717, 1.165) is 101 Å². The third kappa shape index (κ3) is 8.94. The lowest BCUT2D eigenvalue weighted by Crippen LogP contribution is -2.36. The van der Waals surface area contributed by atoms with E-state index in [0.29, 0.717) is 19.1 Å². The summed E-state index contributed by atoms with van der Waals surface area (Å²) in [5.41, 5.74) is 1.29. The molecule has 1 saturated carbocycles. The van der Waals surface area contributed by atoms with Gasteiger partial charge in [0.15, 0.2) is 0 Å². The molecule has 0 bridgehead atoms. The van der Waals surface area contributed by atoms with Gasteiger partial charge in [0.1, 0.15) is 5.75 Å². The number of hydrogen-bond donors (Lipinski definition) is 1. The summed E-state index contributed by atoms with van der Waals surface area (Å²) in [7, 11) is 0. The molecule has 0 unspecified atom stereocenters. The van der Waals surface area contributed by atoms with Crippen LogP contribution in [0.15, 0.2) is 30.5 Å². The van der Waals surface area contributed by atoms with Gasteiger partial charge in [0, 0.05) is 18.1 Å². The number of ether oxygens (including phenoxy) is 3. The van der Waals surface area contributed by atoms with Crippen molar-refractivity contribution >= 4 is 22.7 Å². The van der Waals surface area contributed by atoms with Gasteiger partial charge in [-0.25, -0.2) is 0 Å². The molecule has 0 radical (unpaired) electrons. The number of fused-ring (bicyclic) bond motifs is 1. The Morgan fingerprint density at radius 1 is 0.909 bits per heavy atom. The number of esters is 2. The van der Waals surface area contributed by atoms with Crippen LogP contribution in [0.2, 0.25) is 0 Å². The van der Waals surface area contributed by atoms with Gasteiger partial charge in [-0.3, -0.25) is 19.5 Å². The van der Waals surface area contributed by atoms with E-state index >= 15 is 0 Å². The SMILES string of the molecule is CCOC(=O)C1CCN(Cc2cc3ccc(O[C@H]4CC[C@H](C(C)(C)CCCOC(=O)C5CCNCC5)CC4)cc3cn2)CC1. The molecule has 1 N–H and O–H groups in total. The molecule has 44 heavy (non-hydrogen) atoms. The molecule has 3 aliphatic rings. The molecule has 2 aromatic rings. The van der Waals surface area contributed by atoms with E-state index in [1.807, 2.05) is 13.1 Å². The summed E-state index contributed by atoms with van der Waals surface area (Å²) >= 11 is 0. The largest absolute Gasteiger partial charge is 0.490 e. The molecule has 8 nitrogen and oxygen atoms in total. The van der Waals surface area contributed by atoms with Crippen molar-refractivity contribution < 1.29 is 23.8 Å². The standard InChI is InChI=1S/C36H53N3O5/c1-4-42-34(40)27-14-19-39(20-15-27)25-31-22-28-6-9-33(23-29(28)24-38-31)44-32-10-7-30(8-11-32)36(2,3)16-5-21-43-35(41)26-12-17-37-18-13-26/h6,9,22-24,26-27,30,32,37H,4-5,7-8,10-21,25H2,1-3H3/t30-,32-. The lowest BCUT2D eigenvalue weighted by Gasteiger charge is -2.39. The highest BCUT2D eigenvalue weighted by Crippen LogP contribution is 2.42. The Labute approximate surface area is 263 Å². The van der Waals surface area contributed by atoms with Gasteiger partial charge in [-0.15, -0.1) is 0 Å².